The molecule has 9 heavy (non-hydrogen) atoms. The molecule has 1 aliphatic rings. The molecule has 0 saturated carbocycles. The molecule has 1 aliphatic heterocycles. The van der Waals surface area contributed by atoms with E-state index in [0.29, 0.717) is 6.42 Å². The summed E-state index contributed by atoms with van der Waals surface area (Å²) in [6.45, 7) is 4.36. The summed E-state index contributed by atoms with van der Waals surface area (Å²) in [5.74, 6) is 0.208. The third-order valence-corrected chi connectivity index (χ3v) is 1.33. The first-order valence-electron chi connectivity index (χ1n) is 2.76. The molecular weight excluding hydrogens is 161 g/mol. The monoisotopic (exact) mass is 169 g/mol. The van der Waals surface area contributed by atoms with Gasteiger partial charge in [-0.15, -0.1) is 0 Å². The number of amides is 1. The number of hydrogen-bond acceptors (Lipinski definition) is 1. The maximum atomic E-state index is 10.7. The van der Waals surface area contributed by atoms with Gasteiger partial charge in [0.1, 0.15) is 0 Å². The minimum absolute atomic E-state index is 0. The van der Waals surface area contributed by atoms with E-state index in [1.807, 2.05) is 0 Å². The van der Waals surface area contributed by atoms with Gasteiger partial charge in [-0.05, 0) is 12.6 Å². The fourth-order valence-electron chi connectivity index (χ4n) is 0.862. The molecule has 1 saturated heterocycles. The molecule has 0 spiro atoms. The SMILES string of the molecule is C=CN1CCCC1=O.[Ni]. The van der Waals surface area contributed by atoms with E-state index < -0.39 is 0 Å². The Morgan fingerprint density at radius 2 is 2.33 bits per heavy atom. The van der Waals surface area contributed by atoms with Crippen LogP contribution in [0.5, 0.6) is 0 Å². The molecule has 1 heterocycles. The Morgan fingerprint density at radius 3 is 2.56 bits per heavy atom. The third kappa shape index (κ3) is 1.83. The Labute approximate surface area is 64.8 Å². The van der Waals surface area contributed by atoms with Crippen molar-refractivity contribution in [2.45, 2.75) is 12.8 Å². The van der Waals surface area contributed by atoms with Crippen LogP contribution in [-0.2, 0) is 21.3 Å². The van der Waals surface area contributed by atoms with E-state index in [1.54, 1.807) is 11.1 Å². The van der Waals surface area contributed by atoms with Gasteiger partial charge < -0.3 is 4.90 Å². The van der Waals surface area contributed by atoms with Crippen LogP contribution >= 0.6 is 0 Å². The summed E-state index contributed by atoms with van der Waals surface area (Å²) in [6, 6.07) is 0. The zero-order chi connectivity index (χ0) is 5.98. The maximum absolute atomic E-state index is 10.7. The number of nitrogens with zero attached hydrogens (tertiary/aromatic N) is 1. The van der Waals surface area contributed by atoms with Crippen LogP contribution < -0.4 is 0 Å². The van der Waals surface area contributed by atoms with E-state index in [-0.39, 0.29) is 22.4 Å². The van der Waals surface area contributed by atoms with Gasteiger partial charge in [-0.3, -0.25) is 4.79 Å². The number of rotatable bonds is 1. The van der Waals surface area contributed by atoms with E-state index in [2.05, 4.69) is 6.58 Å². The molecule has 0 aromatic heterocycles. The van der Waals surface area contributed by atoms with Gasteiger partial charge in [-0.2, -0.15) is 0 Å². The molecule has 0 atom stereocenters. The van der Waals surface area contributed by atoms with Crippen molar-refractivity contribution >= 4 is 5.91 Å². The fourth-order valence-corrected chi connectivity index (χ4v) is 0.862. The first-order valence-corrected chi connectivity index (χ1v) is 2.76. The summed E-state index contributed by atoms with van der Waals surface area (Å²) in [5, 5.41) is 0. The Kier molecular flexibility index (Phi) is 3.56. The zero-order valence-corrected chi connectivity index (χ0v) is 6.07. The predicted molar refractivity (Wildman–Crippen MR) is 31.1 cm³/mol. The molecular formula is C6H9NNiO. The molecule has 1 amide bonds. The van der Waals surface area contributed by atoms with Gasteiger partial charge in [0, 0.05) is 29.5 Å². The van der Waals surface area contributed by atoms with E-state index in [0.717, 1.165) is 13.0 Å². The van der Waals surface area contributed by atoms with Gasteiger partial charge in [0.15, 0.2) is 0 Å². The molecule has 0 bridgehead atoms. The standard InChI is InChI=1S/C6H9NO.Ni/c1-2-7-5-3-4-6(7)8;/h2H,1,3-5H2;. The van der Waals surface area contributed by atoms with Gasteiger partial charge in [0.25, 0.3) is 0 Å². The van der Waals surface area contributed by atoms with Crippen LogP contribution in [0.25, 0.3) is 0 Å². The molecule has 3 heteroatoms. The fraction of sp³-hybridized carbons (Fsp3) is 0.500. The van der Waals surface area contributed by atoms with Crippen LogP contribution in [0.4, 0.5) is 0 Å². The Hall–Kier alpha value is -0.296. The second kappa shape index (κ2) is 3.68. The van der Waals surface area contributed by atoms with Gasteiger partial charge in [0.05, 0.1) is 0 Å². The maximum Gasteiger partial charge on any atom is 0.226 e. The van der Waals surface area contributed by atoms with Crippen molar-refractivity contribution in [3.05, 3.63) is 12.8 Å². The summed E-state index contributed by atoms with van der Waals surface area (Å²) >= 11 is 0. The molecule has 0 aliphatic carbocycles. The molecule has 0 unspecified atom stereocenters. The zero-order valence-electron chi connectivity index (χ0n) is 5.08. The van der Waals surface area contributed by atoms with Crippen LogP contribution in [-0.4, -0.2) is 17.4 Å². The first-order chi connectivity index (χ1) is 3.84. The summed E-state index contributed by atoms with van der Waals surface area (Å²) in [5.41, 5.74) is 0. The van der Waals surface area contributed by atoms with Gasteiger partial charge in [0.2, 0.25) is 5.91 Å². The van der Waals surface area contributed by atoms with Gasteiger partial charge in [-0.1, -0.05) is 6.58 Å². The molecule has 54 valence electrons. The van der Waals surface area contributed by atoms with E-state index >= 15 is 0 Å². The molecule has 1 rings (SSSR count). The summed E-state index contributed by atoms with van der Waals surface area (Å²) < 4.78 is 0. The van der Waals surface area contributed by atoms with Crippen molar-refractivity contribution in [2.75, 3.05) is 6.54 Å². The van der Waals surface area contributed by atoms with Gasteiger partial charge in [-0.25, -0.2) is 0 Å². The average Bonchev–Trinajstić information content (AvgIpc) is 2.14. The van der Waals surface area contributed by atoms with Crippen LogP contribution in [0.2, 0.25) is 0 Å². The van der Waals surface area contributed by atoms with Crippen molar-refractivity contribution < 1.29 is 21.3 Å². The predicted octanol–water partition coefficient (Wildman–Crippen LogP) is 0.750. The third-order valence-electron chi connectivity index (χ3n) is 1.33. The summed E-state index contributed by atoms with van der Waals surface area (Å²) in [6.07, 6.45) is 3.28. The van der Waals surface area contributed by atoms with E-state index in [4.69, 9.17) is 0 Å². The molecule has 1 fully saturated rings. The second-order valence-corrected chi connectivity index (χ2v) is 1.87. The van der Waals surface area contributed by atoms with E-state index in [9.17, 15) is 4.79 Å². The Morgan fingerprint density at radius 1 is 1.67 bits per heavy atom. The molecule has 0 aromatic carbocycles. The van der Waals surface area contributed by atoms with Gasteiger partial charge >= 0.3 is 0 Å². The van der Waals surface area contributed by atoms with Crippen LogP contribution in [0.15, 0.2) is 12.8 Å². The van der Waals surface area contributed by atoms with Crippen molar-refractivity contribution in [2.24, 2.45) is 0 Å². The molecule has 2 nitrogen and oxygen atoms in total. The first kappa shape index (κ1) is 8.70. The normalized spacial score (nSPS) is 17.3. The largest absolute Gasteiger partial charge is 0.320 e. The summed E-state index contributed by atoms with van der Waals surface area (Å²) in [7, 11) is 0. The van der Waals surface area contributed by atoms with E-state index in [1.165, 1.54) is 0 Å². The Balaban J connectivity index is 0.000000640. The second-order valence-electron chi connectivity index (χ2n) is 1.87. The number of carbonyl (C=O) groups is 1. The number of hydrogen-bond donors (Lipinski definition) is 0. The number of carbonyl (C=O) groups excluding carboxylic acids is 1. The van der Waals surface area contributed by atoms with Crippen LogP contribution in [0.3, 0.4) is 0 Å². The van der Waals surface area contributed by atoms with Crippen molar-refractivity contribution in [3.63, 3.8) is 0 Å². The minimum atomic E-state index is 0. The minimum Gasteiger partial charge on any atom is -0.320 e. The average molecular weight is 170 g/mol. The summed E-state index contributed by atoms with van der Waals surface area (Å²) in [4.78, 5) is 12.3. The van der Waals surface area contributed by atoms with Crippen molar-refractivity contribution in [3.8, 4) is 0 Å². The smallest absolute Gasteiger partial charge is 0.226 e. The van der Waals surface area contributed by atoms with Crippen molar-refractivity contribution in [1.29, 1.82) is 0 Å². The number of likely N-dealkylation sites (tertiary alicyclic amines) is 1. The quantitative estimate of drug-likeness (QED) is 0.531. The van der Waals surface area contributed by atoms with Crippen LogP contribution in [0, 0.1) is 0 Å². The molecule has 0 radical (unpaired) electrons. The van der Waals surface area contributed by atoms with Crippen molar-refractivity contribution in [1.82, 2.24) is 4.90 Å². The molecule has 0 N–H and O–H groups in total. The van der Waals surface area contributed by atoms with Crippen LogP contribution in [0.1, 0.15) is 12.8 Å². The Bertz CT molecular complexity index is 124. The topological polar surface area (TPSA) is 20.3 Å². The molecule has 0 aromatic rings.